The van der Waals surface area contributed by atoms with E-state index >= 15 is 0 Å². The zero-order chi connectivity index (χ0) is 17.1. The van der Waals surface area contributed by atoms with Gasteiger partial charge >= 0.3 is 0 Å². The lowest BCUT2D eigenvalue weighted by Gasteiger charge is -2.12. The minimum absolute atomic E-state index is 0.735. The van der Waals surface area contributed by atoms with Crippen LogP contribution in [0.25, 0.3) is 33.5 Å². The van der Waals surface area contributed by atoms with Gasteiger partial charge in [-0.2, -0.15) is 0 Å². The van der Waals surface area contributed by atoms with Gasteiger partial charge in [-0.25, -0.2) is 0 Å². The summed E-state index contributed by atoms with van der Waals surface area (Å²) in [5, 5.41) is 0.735. The number of aromatic nitrogens is 1. The van der Waals surface area contributed by atoms with Crippen LogP contribution >= 0.6 is 11.6 Å². The van der Waals surface area contributed by atoms with Crippen LogP contribution in [0.3, 0.4) is 0 Å². The Bertz CT molecular complexity index is 977. The van der Waals surface area contributed by atoms with Gasteiger partial charge in [0.15, 0.2) is 0 Å². The lowest BCUT2D eigenvalue weighted by molar-refractivity contribution is 1.32. The van der Waals surface area contributed by atoms with Gasteiger partial charge in [0.25, 0.3) is 0 Å². The van der Waals surface area contributed by atoms with Gasteiger partial charge in [0, 0.05) is 22.3 Å². The van der Waals surface area contributed by atoms with Gasteiger partial charge in [0.05, 0.1) is 5.69 Å². The molecule has 0 bridgehead atoms. The van der Waals surface area contributed by atoms with Crippen molar-refractivity contribution < 1.29 is 0 Å². The predicted octanol–water partition coefficient (Wildman–Crippen LogP) is 6.74. The smallest absolute Gasteiger partial charge is 0.0708 e. The van der Waals surface area contributed by atoms with E-state index in [0.29, 0.717) is 0 Å². The number of nitrogens with zero attached hydrogens (tertiary/aromatic N) is 1. The molecule has 120 valence electrons. The highest BCUT2D eigenvalue weighted by atomic mass is 35.5. The van der Waals surface area contributed by atoms with Crippen LogP contribution in [0.1, 0.15) is 0 Å². The van der Waals surface area contributed by atoms with E-state index in [9.17, 15) is 0 Å². The standard InChI is InChI=1S/C23H16ClN/c24-20-13-11-18(12-14-20)22-16-25-23(19-9-5-2-6-10-19)15-21(22)17-7-3-1-4-8-17/h1-16H. The lowest BCUT2D eigenvalue weighted by atomic mass is 9.94. The Morgan fingerprint density at radius 3 is 1.76 bits per heavy atom. The second-order valence-corrected chi connectivity index (χ2v) is 6.29. The monoisotopic (exact) mass is 341 g/mol. The molecule has 25 heavy (non-hydrogen) atoms. The van der Waals surface area contributed by atoms with Crippen LogP contribution in [-0.4, -0.2) is 4.98 Å². The molecule has 0 amide bonds. The average Bonchev–Trinajstić information content (AvgIpc) is 2.70. The molecular formula is C23H16ClN. The summed E-state index contributed by atoms with van der Waals surface area (Å²) in [5.74, 6) is 0. The fourth-order valence-corrected chi connectivity index (χ4v) is 3.06. The zero-order valence-corrected chi connectivity index (χ0v) is 14.3. The molecule has 0 aliphatic heterocycles. The summed E-state index contributed by atoms with van der Waals surface area (Å²) in [7, 11) is 0. The summed E-state index contributed by atoms with van der Waals surface area (Å²) in [6.07, 6.45) is 1.95. The zero-order valence-electron chi connectivity index (χ0n) is 13.6. The molecule has 2 heteroatoms. The second kappa shape index (κ2) is 6.92. The maximum atomic E-state index is 6.05. The van der Waals surface area contributed by atoms with Crippen molar-refractivity contribution >= 4 is 11.6 Å². The van der Waals surface area contributed by atoms with Crippen LogP contribution in [0.5, 0.6) is 0 Å². The van der Waals surface area contributed by atoms with Crippen LogP contribution < -0.4 is 0 Å². The van der Waals surface area contributed by atoms with Crippen molar-refractivity contribution in [2.45, 2.75) is 0 Å². The Labute approximate surface area is 152 Å². The van der Waals surface area contributed by atoms with Crippen LogP contribution in [0.4, 0.5) is 0 Å². The van der Waals surface area contributed by atoms with Crippen molar-refractivity contribution in [3.63, 3.8) is 0 Å². The molecule has 0 fully saturated rings. The van der Waals surface area contributed by atoms with Crippen molar-refractivity contribution in [1.29, 1.82) is 0 Å². The predicted molar refractivity (Wildman–Crippen MR) is 106 cm³/mol. The van der Waals surface area contributed by atoms with E-state index < -0.39 is 0 Å². The average molecular weight is 342 g/mol. The minimum atomic E-state index is 0.735. The highest BCUT2D eigenvalue weighted by Crippen LogP contribution is 2.34. The van der Waals surface area contributed by atoms with Gasteiger partial charge in [0.2, 0.25) is 0 Å². The molecule has 0 saturated carbocycles. The van der Waals surface area contributed by atoms with Crippen molar-refractivity contribution in [1.82, 2.24) is 4.98 Å². The first-order valence-electron chi connectivity index (χ1n) is 8.18. The Hall–Kier alpha value is -2.90. The van der Waals surface area contributed by atoms with Crippen molar-refractivity contribution in [3.8, 4) is 33.5 Å². The van der Waals surface area contributed by atoms with E-state index in [2.05, 4.69) is 42.5 Å². The molecule has 1 aromatic heterocycles. The van der Waals surface area contributed by atoms with Crippen molar-refractivity contribution in [2.24, 2.45) is 0 Å². The largest absolute Gasteiger partial charge is 0.256 e. The Kier molecular flexibility index (Phi) is 4.32. The summed E-state index contributed by atoms with van der Waals surface area (Å²) in [4.78, 5) is 4.70. The van der Waals surface area contributed by atoms with E-state index in [0.717, 1.165) is 33.0 Å². The van der Waals surface area contributed by atoms with E-state index in [1.54, 1.807) is 0 Å². The third-order valence-electron chi connectivity index (χ3n) is 4.21. The van der Waals surface area contributed by atoms with E-state index in [1.165, 1.54) is 5.56 Å². The Morgan fingerprint density at radius 1 is 0.560 bits per heavy atom. The molecule has 0 aliphatic carbocycles. The van der Waals surface area contributed by atoms with E-state index in [1.807, 2.05) is 54.7 Å². The topological polar surface area (TPSA) is 12.9 Å². The number of hydrogen-bond acceptors (Lipinski definition) is 1. The summed E-state index contributed by atoms with van der Waals surface area (Å²) < 4.78 is 0. The molecule has 0 unspecified atom stereocenters. The maximum Gasteiger partial charge on any atom is 0.0708 e. The molecule has 0 N–H and O–H groups in total. The highest BCUT2D eigenvalue weighted by Gasteiger charge is 2.10. The number of pyridine rings is 1. The molecule has 0 radical (unpaired) electrons. The van der Waals surface area contributed by atoms with E-state index in [4.69, 9.17) is 16.6 Å². The molecule has 1 heterocycles. The van der Waals surface area contributed by atoms with Gasteiger partial charge < -0.3 is 0 Å². The quantitative estimate of drug-likeness (QED) is 0.402. The molecular weight excluding hydrogens is 326 g/mol. The number of halogens is 1. The van der Waals surface area contributed by atoms with Gasteiger partial charge in [-0.05, 0) is 34.9 Å². The second-order valence-electron chi connectivity index (χ2n) is 5.85. The summed E-state index contributed by atoms with van der Waals surface area (Å²) in [6, 6.07) is 30.7. The highest BCUT2D eigenvalue weighted by molar-refractivity contribution is 6.30. The first kappa shape index (κ1) is 15.6. The lowest BCUT2D eigenvalue weighted by Crippen LogP contribution is -1.90. The third-order valence-corrected chi connectivity index (χ3v) is 4.47. The molecule has 0 spiro atoms. The molecule has 1 nitrogen and oxygen atoms in total. The number of rotatable bonds is 3. The molecule has 0 saturated heterocycles. The fraction of sp³-hybridized carbons (Fsp3) is 0. The maximum absolute atomic E-state index is 6.05. The van der Waals surface area contributed by atoms with Gasteiger partial charge in [0.1, 0.15) is 0 Å². The SMILES string of the molecule is Clc1ccc(-c2cnc(-c3ccccc3)cc2-c2ccccc2)cc1. The van der Waals surface area contributed by atoms with Crippen LogP contribution in [0, 0.1) is 0 Å². The molecule has 4 rings (SSSR count). The van der Waals surface area contributed by atoms with Crippen molar-refractivity contribution in [2.75, 3.05) is 0 Å². The summed E-state index contributed by atoms with van der Waals surface area (Å²) >= 11 is 6.05. The van der Waals surface area contributed by atoms with E-state index in [-0.39, 0.29) is 0 Å². The van der Waals surface area contributed by atoms with Crippen LogP contribution in [0.15, 0.2) is 97.2 Å². The number of benzene rings is 3. The molecule has 4 aromatic rings. The third kappa shape index (κ3) is 3.33. The Balaban J connectivity index is 1.91. The van der Waals surface area contributed by atoms with Crippen LogP contribution in [0.2, 0.25) is 5.02 Å². The fourth-order valence-electron chi connectivity index (χ4n) is 2.94. The van der Waals surface area contributed by atoms with Gasteiger partial charge in [-0.1, -0.05) is 84.4 Å². The van der Waals surface area contributed by atoms with Crippen LogP contribution in [-0.2, 0) is 0 Å². The number of hydrogen-bond donors (Lipinski definition) is 0. The molecule has 3 aromatic carbocycles. The minimum Gasteiger partial charge on any atom is -0.256 e. The molecule has 0 aliphatic rings. The van der Waals surface area contributed by atoms with Crippen molar-refractivity contribution in [3.05, 3.63) is 102 Å². The first-order chi connectivity index (χ1) is 12.3. The van der Waals surface area contributed by atoms with Gasteiger partial charge in [-0.15, -0.1) is 0 Å². The van der Waals surface area contributed by atoms with Gasteiger partial charge in [-0.3, -0.25) is 4.98 Å². The first-order valence-corrected chi connectivity index (χ1v) is 8.56. The molecule has 0 atom stereocenters. The summed E-state index contributed by atoms with van der Waals surface area (Å²) in [5.41, 5.74) is 6.63. The summed E-state index contributed by atoms with van der Waals surface area (Å²) in [6.45, 7) is 0. The normalized spacial score (nSPS) is 10.6. The Morgan fingerprint density at radius 2 is 1.12 bits per heavy atom.